The average molecular weight is 311 g/mol. The predicted molar refractivity (Wildman–Crippen MR) is 74.1 cm³/mol. The maximum absolute atomic E-state index is 9.71. The summed E-state index contributed by atoms with van der Waals surface area (Å²) in [5.41, 5.74) is 0. The lowest BCUT2D eigenvalue weighted by molar-refractivity contribution is 0.445. The number of halogens is 1. The van der Waals surface area contributed by atoms with E-state index in [1.54, 1.807) is 6.07 Å². The first-order chi connectivity index (χ1) is 8.19. The van der Waals surface area contributed by atoms with E-state index >= 15 is 0 Å². The van der Waals surface area contributed by atoms with Crippen LogP contribution in [0.1, 0.15) is 0 Å². The van der Waals surface area contributed by atoms with E-state index in [0.717, 1.165) is 15.1 Å². The van der Waals surface area contributed by atoms with Gasteiger partial charge in [0, 0.05) is 15.4 Å². The van der Waals surface area contributed by atoms with Gasteiger partial charge in [0.05, 0.1) is 0 Å². The van der Waals surface area contributed by atoms with Gasteiger partial charge in [-0.1, -0.05) is 15.9 Å². The molecule has 0 unspecified atom stereocenters. The fourth-order valence-electron chi connectivity index (χ4n) is 1.37. The molecular formula is C13H11BrO2S. The van der Waals surface area contributed by atoms with Gasteiger partial charge in [0.15, 0.2) is 0 Å². The van der Waals surface area contributed by atoms with Crippen LogP contribution in [0.25, 0.3) is 0 Å². The fourth-order valence-corrected chi connectivity index (χ4v) is 2.11. The lowest BCUT2D eigenvalue weighted by atomic mass is 10.3. The van der Waals surface area contributed by atoms with Crippen molar-refractivity contribution in [2.75, 3.05) is 6.26 Å². The van der Waals surface area contributed by atoms with Gasteiger partial charge in [-0.25, -0.2) is 0 Å². The van der Waals surface area contributed by atoms with E-state index in [4.69, 9.17) is 4.74 Å². The minimum atomic E-state index is 0.243. The SMILES string of the molecule is CSc1ccc(Oc2ccc(Br)cc2)cc1O. The first kappa shape index (κ1) is 12.3. The zero-order valence-corrected chi connectivity index (χ0v) is 11.6. The molecule has 17 heavy (non-hydrogen) atoms. The number of ether oxygens (including phenoxy) is 1. The summed E-state index contributed by atoms with van der Waals surface area (Å²) < 4.78 is 6.63. The van der Waals surface area contributed by atoms with E-state index in [1.165, 1.54) is 11.8 Å². The van der Waals surface area contributed by atoms with Gasteiger partial charge < -0.3 is 9.84 Å². The number of aromatic hydroxyl groups is 1. The number of phenolic OH excluding ortho intramolecular Hbond substituents is 1. The molecule has 0 saturated carbocycles. The molecular weight excluding hydrogens is 300 g/mol. The van der Waals surface area contributed by atoms with Crippen molar-refractivity contribution in [3.63, 3.8) is 0 Å². The first-order valence-corrected chi connectivity index (χ1v) is 7.01. The highest BCUT2D eigenvalue weighted by Gasteiger charge is 2.03. The molecule has 0 heterocycles. The Balaban J connectivity index is 2.19. The van der Waals surface area contributed by atoms with Gasteiger partial charge in [-0.2, -0.15) is 0 Å². The van der Waals surface area contributed by atoms with Gasteiger partial charge in [0.1, 0.15) is 17.2 Å². The summed E-state index contributed by atoms with van der Waals surface area (Å²) in [6, 6.07) is 12.8. The lowest BCUT2D eigenvalue weighted by Gasteiger charge is -2.07. The van der Waals surface area contributed by atoms with Crippen LogP contribution in [-0.4, -0.2) is 11.4 Å². The van der Waals surface area contributed by atoms with Gasteiger partial charge in [0.25, 0.3) is 0 Å². The van der Waals surface area contributed by atoms with E-state index in [9.17, 15) is 5.11 Å². The van der Waals surface area contributed by atoms with Crippen LogP contribution in [0, 0.1) is 0 Å². The fraction of sp³-hybridized carbons (Fsp3) is 0.0769. The van der Waals surface area contributed by atoms with Crippen molar-refractivity contribution in [3.05, 3.63) is 46.9 Å². The molecule has 0 fully saturated rings. The highest BCUT2D eigenvalue weighted by molar-refractivity contribution is 9.10. The van der Waals surface area contributed by atoms with E-state index < -0.39 is 0 Å². The van der Waals surface area contributed by atoms with Crippen molar-refractivity contribution in [2.24, 2.45) is 0 Å². The highest BCUT2D eigenvalue weighted by atomic mass is 79.9. The van der Waals surface area contributed by atoms with Gasteiger partial charge in [-0.3, -0.25) is 0 Å². The normalized spacial score (nSPS) is 10.2. The first-order valence-electron chi connectivity index (χ1n) is 4.99. The molecule has 2 rings (SSSR count). The number of hydrogen-bond acceptors (Lipinski definition) is 3. The van der Waals surface area contributed by atoms with Crippen molar-refractivity contribution in [1.82, 2.24) is 0 Å². The van der Waals surface area contributed by atoms with Crippen LogP contribution in [0.5, 0.6) is 17.2 Å². The maximum Gasteiger partial charge on any atom is 0.132 e. The number of benzene rings is 2. The Morgan fingerprint density at radius 1 is 1.06 bits per heavy atom. The van der Waals surface area contributed by atoms with Crippen molar-refractivity contribution in [1.29, 1.82) is 0 Å². The van der Waals surface area contributed by atoms with Gasteiger partial charge >= 0.3 is 0 Å². The third-order valence-electron chi connectivity index (χ3n) is 2.20. The second kappa shape index (κ2) is 5.47. The standard InChI is InChI=1S/C13H11BrO2S/c1-17-13-7-6-11(8-12(13)15)16-10-4-2-9(14)3-5-10/h2-8,15H,1H3. The minimum Gasteiger partial charge on any atom is -0.507 e. The molecule has 0 aliphatic rings. The predicted octanol–water partition coefficient (Wildman–Crippen LogP) is 4.67. The molecule has 2 aromatic rings. The topological polar surface area (TPSA) is 29.5 Å². The molecule has 4 heteroatoms. The van der Waals surface area contributed by atoms with Gasteiger partial charge in [-0.05, 0) is 42.7 Å². The van der Waals surface area contributed by atoms with Crippen LogP contribution >= 0.6 is 27.7 Å². The molecule has 0 aromatic heterocycles. The lowest BCUT2D eigenvalue weighted by Crippen LogP contribution is -1.84. The molecule has 0 spiro atoms. The Morgan fingerprint density at radius 2 is 1.71 bits per heavy atom. The summed E-state index contributed by atoms with van der Waals surface area (Å²) in [7, 11) is 0. The minimum absolute atomic E-state index is 0.243. The third kappa shape index (κ3) is 3.17. The van der Waals surface area contributed by atoms with Crippen molar-refractivity contribution < 1.29 is 9.84 Å². The van der Waals surface area contributed by atoms with E-state index in [1.807, 2.05) is 42.7 Å². The van der Waals surface area contributed by atoms with E-state index in [-0.39, 0.29) is 5.75 Å². The second-order valence-corrected chi connectivity index (χ2v) is 5.15. The summed E-state index contributed by atoms with van der Waals surface area (Å²) in [5.74, 6) is 1.61. The number of phenols is 1. The average Bonchev–Trinajstić information content (AvgIpc) is 2.32. The van der Waals surface area contributed by atoms with Crippen LogP contribution in [-0.2, 0) is 0 Å². The van der Waals surface area contributed by atoms with Crippen molar-refractivity contribution in [2.45, 2.75) is 4.90 Å². The van der Waals surface area contributed by atoms with E-state index in [2.05, 4.69) is 15.9 Å². The molecule has 0 radical (unpaired) electrons. The maximum atomic E-state index is 9.71. The molecule has 0 bridgehead atoms. The van der Waals surface area contributed by atoms with Gasteiger partial charge in [0.2, 0.25) is 0 Å². The highest BCUT2D eigenvalue weighted by Crippen LogP contribution is 2.32. The molecule has 2 aromatic carbocycles. The van der Waals surface area contributed by atoms with Crippen molar-refractivity contribution >= 4 is 27.7 Å². The Morgan fingerprint density at radius 3 is 2.29 bits per heavy atom. The molecule has 0 saturated heterocycles. The Kier molecular flexibility index (Phi) is 3.97. The zero-order chi connectivity index (χ0) is 12.3. The summed E-state index contributed by atoms with van der Waals surface area (Å²) in [4.78, 5) is 0.841. The Bertz CT molecular complexity index is 511. The van der Waals surface area contributed by atoms with Crippen LogP contribution in [0.15, 0.2) is 51.8 Å². The molecule has 0 atom stereocenters. The monoisotopic (exact) mass is 310 g/mol. The Labute approximate surface area is 113 Å². The number of rotatable bonds is 3. The largest absolute Gasteiger partial charge is 0.507 e. The number of thioether (sulfide) groups is 1. The van der Waals surface area contributed by atoms with Crippen LogP contribution in [0.4, 0.5) is 0 Å². The third-order valence-corrected chi connectivity index (χ3v) is 3.51. The molecule has 2 nitrogen and oxygen atoms in total. The Hall–Kier alpha value is -1.13. The zero-order valence-electron chi connectivity index (χ0n) is 9.18. The summed E-state index contributed by atoms with van der Waals surface area (Å²) in [6.45, 7) is 0. The van der Waals surface area contributed by atoms with Gasteiger partial charge in [-0.15, -0.1) is 11.8 Å². The summed E-state index contributed by atoms with van der Waals surface area (Å²) in [5, 5.41) is 9.71. The molecule has 1 N–H and O–H groups in total. The molecule has 0 aliphatic carbocycles. The number of hydrogen-bond donors (Lipinski definition) is 1. The molecule has 88 valence electrons. The van der Waals surface area contributed by atoms with Crippen LogP contribution in [0.2, 0.25) is 0 Å². The van der Waals surface area contributed by atoms with Crippen molar-refractivity contribution in [3.8, 4) is 17.2 Å². The van der Waals surface area contributed by atoms with Crippen LogP contribution < -0.4 is 4.74 Å². The molecule has 0 aliphatic heterocycles. The smallest absolute Gasteiger partial charge is 0.132 e. The summed E-state index contributed by atoms with van der Waals surface area (Å²) >= 11 is 4.86. The van der Waals surface area contributed by atoms with Crippen LogP contribution in [0.3, 0.4) is 0 Å². The van der Waals surface area contributed by atoms with E-state index in [0.29, 0.717) is 5.75 Å². The molecule has 0 amide bonds. The quantitative estimate of drug-likeness (QED) is 0.835. The summed E-state index contributed by atoms with van der Waals surface area (Å²) in [6.07, 6.45) is 1.92. The second-order valence-electron chi connectivity index (χ2n) is 3.39.